The van der Waals surface area contributed by atoms with Gasteiger partial charge in [-0.3, -0.25) is 9.78 Å². The SMILES string of the molecule is O=C(O)COCCNC(=O)c1cnccn1. The largest absolute Gasteiger partial charge is 0.480 e. The van der Waals surface area contributed by atoms with Crippen LogP contribution in [0, 0.1) is 0 Å². The molecule has 0 bridgehead atoms. The van der Waals surface area contributed by atoms with Crippen molar-refractivity contribution in [3.05, 3.63) is 24.3 Å². The van der Waals surface area contributed by atoms with Gasteiger partial charge in [-0.25, -0.2) is 9.78 Å². The number of rotatable bonds is 6. The molecule has 2 N–H and O–H groups in total. The first-order valence-corrected chi connectivity index (χ1v) is 4.54. The van der Waals surface area contributed by atoms with Crippen LogP contribution in [0.3, 0.4) is 0 Å². The van der Waals surface area contributed by atoms with Crippen LogP contribution in [0.4, 0.5) is 0 Å². The van der Waals surface area contributed by atoms with Crippen LogP contribution in [0.25, 0.3) is 0 Å². The summed E-state index contributed by atoms with van der Waals surface area (Å²) in [6, 6.07) is 0. The molecule has 0 fully saturated rings. The minimum atomic E-state index is -1.04. The molecular formula is C9H11N3O4. The topological polar surface area (TPSA) is 101 Å². The molecule has 1 aromatic rings. The van der Waals surface area contributed by atoms with Crippen LogP contribution in [-0.2, 0) is 9.53 Å². The van der Waals surface area contributed by atoms with Gasteiger partial charge in [-0.05, 0) is 0 Å². The average Bonchev–Trinajstić information content (AvgIpc) is 2.29. The van der Waals surface area contributed by atoms with Crippen molar-refractivity contribution in [3.63, 3.8) is 0 Å². The van der Waals surface area contributed by atoms with Gasteiger partial charge in [-0.2, -0.15) is 0 Å². The Morgan fingerprint density at radius 1 is 1.44 bits per heavy atom. The summed E-state index contributed by atoms with van der Waals surface area (Å²) < 4.78 is 4.73. The second-order valence-corrected chi connectivity index (χ2v) is 2.79. The van der Waals surface area contributed by atoms with E-state index < -0.39 is 5.97 Å². The van der Waals surface area contributed by atoms with E-state index in [9.17, 15) is 9.59 Å². The zero-order valence-corrected chi connectivity index (χ0v) is 8.42. The first kappa shape index (κ1) is 12.1. The van der Waals surface area contributed by atoms with Crippen molar-refractivity contribution in [3.8, 4) is 0 Å². The highest BCUT2D eigenvalue weighted by Crippen LogP contribution is 1.88. The zero-order valence-electron chi connectivity index (χ0n) is 8.42. The van der Waals surface area contributed by atoms with Crippen molar-refractivity contribution in [1.29, 1.82) is 0 Å². The third-order valence-electron chi connectivity index (χ3n) is 1.55. The van der Waals surface area contributed by atoms with Gasteiger partial charge in [-0.1, -0.05) is 0 Å². The molecular weight excluding hydrogens is 214 g/mol. The highest BCUT2D eigenvalue weighted by atomic mass is 16.5. The average molecular weight is 225 g/mol. The number of ether oxygens (including phenoxy) is 1. The molecule has 1 amide bonds. The minimum Gasteiger partial charge on any atom is -0.480 e. The summed E-state index contributed by atoms with van der Waals surface area (Å²) in [6.07, 6.45) is 4.22. The molecule has 0 aliphatic rings. The van der Waals surface area contributed by atoms with Crippen molar-refractivity contribution in [2.24, 2.45) is 0 Å². The summed E-state index contributed by atoms with van der Waals surface area (Å²) in [5.41, 5.74) is 0.209. The van der Waals surface area contributed by atoms with Gasteiger partial charge in [0.05, 0.1) is 12.8 Å². The second-order valence-electron chi connectivity index (χ2n) is 2.79. The Balaban J connectivity index is 2.19. The van der Waals surface area contributed by atoms with Gasteiger partial charge in [0.15, 0.2) is 0 Å². The molecule has 0 unspecified atom stereocenters. The van der Waals surface area contributed by atoms with Crippen LogP contribution < -0.4 is 5.32 Å². The number of aliphatic carboxylic acids is 1. The van der Waals surface area contributed by atoms with E-state index in [-0.39, 0.29) is 31.4 Å². The molecule has 0 saturated carbocycles. The third kappa shape index (κ3) is 4.47. The van der Waals surface area contributed by atoms with Gasteiger partial charge in [0.2, 0.25) is 0 Å². The highest BCUT2D eigenvalue weighted by Gasteiger charge is 2.05. The van der Waals surface area contributed by atoms with Crippen molar-refractivity contribution in [2.45, 2.75) is 0 Å². The van der Waals surface area contributed by atoms with Crippen LogP contribution in [0.5, 0.6) is 0 Å². The Morgan fingerprint density at radius 3 is 2.88 bits per heavy atom. The minimum absolute atomic E-state index is 0.137. The molecule has 7 heteroatoms. The molecule has 0 spiro atoms. The summed E-state index contributed by atoms with van der Waals surface area (Å²) in [5.74, 6) is -1.41. The first-order chi connectivity index (χ1) is 7.70. The van der Waals surface area contributed by atoms with Gasteiger partial charge in [0.1, 0.15) is 12.3 Å². The molecule has 0 aromatic carbocycles. The van der Waals surface area contributed by atoms with Crippen molar-refractivity contribution < 1.29 is 19.4 Å². The quantitative estimate of drug-likeness (QED) is 0.621. The van der Waals surface area contributed by atoms with Crippen LogP contribution in [0.2, 0.25) is 0 Å². The Bertz CT molecular complexity index is 355. The smallest absolute Gasteiger partial charge is 0.329 e. The van der Waals surface area contributed by atoms with E-state index in [0.717, 1.165) is 0 Å². The Kier molecular flexibility index (Phi) is 4.87. The maximum absolute atomic E-state index is 11.4. The van der Waals surface area contributed by atoms with Crippen LogP contribution >= 0.6 is 0 Å². The van der Waals surface area contributed by atoms with Crippen molar-refractivity contribution >= 4 is 11.9 Å². The number of carboxylic acids is 1. The lowest BCUT2D eigenvalue weighted by atomic mass is 10.4. The van der Waals surface area contributed by atoms with E-state index in [1.807, 2.05) is 0 Å². The van der Waals surface area contributed by atoms with Gasteiger partial charge in [0.25, 0.3) is 5.91 Å². The number of carbonyl (C=O) groups excluding carboxylic acids is 1. The van der Waals surface area contributed by atoms with E-state index in [4.69, 9.17) is 9.84 Å². The second kappa shape index (κ2) is 6.46. The predicted molar refractivity (Wildman–Crippen MR) is 52.8 cm³/mol. The van der Waals surface area contributed by atoms with Crippen LogP contribution in [-0.4, -0.2) is 46.7 Å². The van der Waals surface area contributed by atoms with Crippen LogP contribution in [0.1, 0.15) is 10.5 Å². The maximum atomic E-state index is 11.4. The lowest BCUT2D eigenvalue weighted by Gasteiger charge is -2.03. The van der Waals surface area contributed by atoms with Gasteiger partial charge in [-0.15, -0.1) is 0 Å². The van der Waals surface area contributed by atoms with E-state index in [1.54, 1.807) is 0 Å². The van der Waals surface area contributed by atoms with Gasteiger partial charge in [0, 0.05) is 18.9 Å². The maximum Gasteiger partial charge on any atom is 0.329 e. The van der Waals surface area contributed by atoms with E-state index in [2.05, 4.69) is 15.3 Å². The number of carboxylic acid groups (broad SMARTS) is 1. The molecule has 0 radical (unpaired) electrons. The molecule has 0 aliphatic heterocycles. The lowest BCUT2D eigenvalue weighted by molar-refractivity contribution is -0.142. The fourth-order valence-electron chi connectivity index (χ4n) is 0.903. The number of amides is 1. The summed E-state index contributed by atoms with van der Waals surface area (Å²) in [4.78, 5) is 29.0. The lowest BCUT2D eigenvalue weighted by Crippen LogP contribution is -2.28. The summed E-state index contributed by atoms with van der Waals surface area (Å²) in [5, 5.41) is 10.8. The summed E-state index contributed by atoms with van der Waals surface area (Å²) in [7, 11) is 0. The van der Waals surface area contributed by atoms with Crippen molar-refractivity contribution in [2.75, 3.05) is 19.8 Å². The van der Waals surface area contributed by atoms with Gasteiger partial charge >= 0.3 is 5.97 Å². The summed E-state index contributed by atoms with van der Waals surface area (Å²) in [6.45, 7) is -0.0119. The molecule has 1 rings (SSSR count). The number of aromatic nitrogens is 2. The number of hydrogen-bond donors (Lipinski definition) is 2. The number of nitrogens with zero attached hydrogens (tertiary/aromatic N) is 2. The standard InChI is InChI=1S/C9H11N3O4/c13-8(14)6-16-4-3-12-9(15)7-5-10-1-2-11-7/h1-2,5H,3-4,6H2,(H,12,15)(H,13,14). The molecule has 7 nitrogen and oxygen atoms in total. The molecule has 0 saturated heterocycles. The Hall–Kier alpha value is -2.02. The fourth-order valence-corrected chi connectivity index (χ4v) is 0.903. The third-order valence-corrected chi connectivity index (χ3v) is 1.55. The molecule has 16 heavy (non-hydrogen) atoms. The van der Waals surface area contributed by atoms with Gasteiger partial charge < -0.3 is 15.2 Å². The van der Waals surface area contributed by atoms with E-state index >= 15 is 0 Å². The molecule has 86 valence electrons. The number of hydrogen-bond acceptors (Lipinski definition) is 5. The Morgan fingerprint density at radius 2 is 2.25 bits per heavy atom. The van der Waals surface area contributed by atoms with Crippen LogP contribution in [0.15, 0.2) is 18.6 Å². The summed E-state index contributed by atoms with van der Waals surface area (Å²) >= 11 is 0. The van der Waals surface area contributed by atoms with E-state index in [0.29, 0.717) is 0 Å². The Labute approximate surface area is 91.5 Å². The normalized spacial score (nSPS) is 9.75. The zero-order chi connectivity index (χ0) is 11.8. The first-order valence-electron chi connectivity index (χ1n) is 4.54. The van der Waals surface area contributed by atoms with E-state index in [1.165, 1.54) is 18.6 Å². The molecule has 0 atom stereocenters. The molecule has 1 aromatic heterocycles. The van der Waals surface area contributed by atoms with Crippen molar-refractivity contribution in [1.82, 2.24) is 15.3 Å². The fraction of sp³-hybridized carbons (Fsp3) is 0.333. The monoisotopic (exact) mass is 225 g/mol. The number of carbonyl (C=O) groups is 2. The highest BCUT2D eigenvalue weighted by molar-refractivity contribution is 5.91. The predicted octanol–water partition coefficient (Wildman–Crippen LogP) is -0.692. The molecule has 0 aliphatic carbocycles. The number of nitrogens with one attached hydrogen (secondary N) is 1. The molecule has 1 heterocycles.